The number of nitrogens with one attached hydrogen (secondary N) is 1. The number of hydrogen-bond acceptors (Lipinski definition) is 2. The van der Waals surface area contributed by atoms with Gasteiger partial charge in [0.1, 0.15) is 5.75 Å². The number of anilines is 1. The molecule has 0 unspecified atom stereocenters. The van der Waals surface area contributed by atoms with E-state index >= 15 is 0 Å². The molecule has 2 nitrogen and oxygen atoms in total. The first-order valence-corrected chi connectivity index (χ1v) is 8.49. The molecule has 1 rings (SSSR count). The first kappa shape index (κ1) is 18.2. The van der Waals surface area contributed by atoms with E-state index in [9.17, 15) is 0 Å². The fourth-order valence-corrected chi connectivity index (χ4v) is 2.74. The topological polar surface area (TPSA) is 21.3 Å². The molecule has 0 saturated carbocycles. The van der Waals surface area contributed by atoms with E-state index in [-0.39, 0.29) is 0 Å². The van der Waals surface area contributed by atoms with Crippen LogP contribution in [0.25, 0.3) is 0 Å². The zero-order valence-electron chi connectivity index (χ0n) is 14.1. The molecule has 0 bridgehead atoms. The molecule has 0 aliphatic heterocycles. The van der Waals surface area contributed by atoms with Crippen molar-refractivity contribution in [2.45, 2.75) is 59.9 Å². The minimum absolute atomic E-state index is 0.489. The van der Waals surface area contributed by atoms with Gasteiger partial charge in [-0.2, -0.15) is 0 Å². The molecule has 21 heavy (non-hydrogen) atoms. The number of halogens is 1. The van der Waals surface area contributed by atoms with E-state index in [1.165, 1.54) is 12.8 Å². The van der Waals surface area contributed by atoms with E-state index in [1.807, 2.05) is 12.1 Å². The summed E-state index contributed by atoms with van der Waals surface area (Å²) in [4.78, 5) is 0. The second kappa shape index (κ2) is 9.19. The Morgan fingerprint density at radius 3 is 2.19 bits per heavy atom. The Balaban J connectivity index is 2.72. The molecular weight excluding hydrogens is 282 g/mol. The smallest absolute Gasteiger partial charge is 0.138 e. The fraction of sp³-hybridized carbons (Fsp3) is 0.667. The van der Waals surface area contributed by atoms with Gasteiger partial charge in [-0.3, -0.25) is 0 Å². The van der Waals surface area contributed by atoms with Crippen molar-refractivity contribution in [3.05, 3.63) is 23.2 Å². The number of rotatable bonds is 9. The van der Waals surface area contributed by atoms with Gasteiger partial charge in [-0.15, -0.1) is 0 Å². The van der Waals surface area contributed by atoms with Crippen LogP contribution in [0.3, 0.4) is 0 Å². The summed E-state index contributed by atoms with van der Waals surface area (Å²) >= 11 is 6.30. The quantitative estimate of drug-likeness (QED) is 0.603. The summed E-state index contributed by atoms with van der Waals surface area (Å²) < 4.78 is 5.62. The van der Waals surface area contributed by atoms with Gasteiger partial charge in [0.2, 0.25) is 0 Å². The van der Waals surface area contributed by atoms with Crippen molar-refractivity contribution in [3.63, 3.8) is 0 Å². The van der Waals surface area contributed by atoms with Gasteiger partial charge >= 0.3 is 0 Å². The van der Waals surface area contributed by atoms with E-state index in [4.69, 9.17) is 16.3 Å². The minimum Gasteiger partial charge on any atom is -0.492 e. The Labute approximate surface area is 135 Å². The minimum atomic E-state index is 0.489. The van der Waals surface area contributed by atoms with Crippen molar-refractivity contribution in [1.29, 1.82) is 0 Å². The lowest BCUT2D eigenvalue weighted by Gasteiger charge is -2.24. The molecular formula is C18H30ClNO. The molecule has 1 N–H and O–H groups in total. The lowest BCUT2D eigenvalue weighted by atomic mass is 9.95. The number of hydrogen-bond donors (Lipinski definition) is 1. The summed E-state index contributed by atoms with van der Waals surface area (Å²) in [6.45, 7) is 11.9. The summed E-state index contributed by atoms with van der Waals surface area (Å²) in [5.74, 6) is 2.14. The van der Waals surface area contributed by atoms with Crippen LogP contribution in [0, 0.1) is 11.8 Å². The van der Waals surface area contributed by atoms with Crippen molar-refractivity contribution >= 4 is 17.3 Å². The zero-order valence-corrected chi connectivity index (χ0v) is 14.8. The van der Waals surface area contributed by atoms with Crippen LogP contribution in [0.2, 0.25) is 5.02 Å². The standard InChI is InChI=1S/C18H30ClNO/c1-6-9-21-18-8-7-15(12-17(18)19)20-16(10-13(2)3)11-14(4)5/h7-8,12-14,16,20H,6,9-11H2,1-5H3. The van der Waals surface area contributed by atoms with E-state index < -0.39 is 0 Å². The van der Waals surface area contributed by atoms with Crippen LogP contribution in [0.1, 0.15) is 53.9 Å². The third kappa shape index (κ3) is 7.08. The van der Waals surface area contributed by atoms with E-state index in [2.05, 4.69) is 46.0 Å². The third-order valence-electron chi connectivity index (χ3n) is 3.28. The van der Waals surface area contributed by atoms with Crippen LogP contribution in [-0.4, -0.2) is 12.6 Å². The van der Waals surface area contributed by atoms with Crippen LogP contribution >= 0.6 is 11.6 Å². The molecule has 0 aromatic heterocycles. The highest BCUT2D eigenvalue weighted by atomic mass is 35.5. The summed E-state index contributed by atoms with van der Waals surface area (Å²) in [6.07, 6.45) is 3.33. The van der Waals surface area contributed by atoms with Crippen LogP contribution in [0.4, 0.5) is 5.69 Å². The molecule has 0 amide bonds. The fourth-order valence-electron chi connectivity index (χ4n) is 2.51. The molecule has 0 heterocycles. The average molecular weight is 312 g/mol. The number of benzene rings is 1. The Morgan fingerprint density at radius 2 is 1.71 bits per heavy atom. The lowest BCUT2D eigenvalue weighted by Crippen LogP contribution is -2.23. The molecule has 0 aliphatic carbocycles. The van der Waals surface area contributed by atoms with Crippen molar-refractivity contribution in [3.8, 4) is 5.75 Å². The molecule has 0 spiro atoms. The van der Waals surface area contributed by atoms with Gasteiger partial charge in [-0.05, 0) is 49.3 Å². The highest BCUT2D eigenvalue weighted by Gasteiger charge is 2.13. The second-order valence-electron chi connectivity index (χ2n) is 6.59. The molecule has 1 aromatic rings. The normalized spacial score (nSPS) is 11.5. The van der Waals surface area contributed by atoms with Crippen LogP contribution in [0.15, 0.2) is 18.2 Å². The summed E-state index contributed by atoms with van der Waals surface area (Å²) in [6, 6.07) is 6.48. The third-order valence-corrected chi connectivity index (χ3v) is 3.57. The van der Waals surface area contributed by atoms with E-state index in [1.54, 1.807) is 0 Å². The van der Waals surface area contributed by atoms with E-state index in [0.29, 0.717) is 29.5 Å². The van der Waals surface area contributed by atoms with Gasteiger partial charge < -0.3 is 10.1 Å². The molecule has 0 saturated heterocycles. The lowest BCUT2D eigenvalue weighted by molar-refractivity contribution is 0.317. The summed E-state index contributed by atoms with van der Waals surface area (Å²) in [5.41, 5.74) is 1.08. The van der Waals surface area contributed by atoms with Gasteiger partial charge in [-0.1, -0.05) is 46.2 Å². The van der Waals surface area contributed by atoms with Gasteiger partial charge in [0.05, 0.1) is 11.6 Å². The van der Waals surface area contributed by atoms with Crippen LogP contribution in [0.5, 0.6) is 5.75 Å². The maximum absolute atomic E-state index is 6.30. The van der Waals surface area contributed by atoms with Gasteiger partial charge in [0.15, 0.2) is 0 Å². The van der Waals surface area contributed by atoms with Gasteiger partial charge in [0, 0.05) is 11.7 Å². The Hall–Kier alpha value is -0.890. The van der Waals surface area contributed by atoms with Crippen molar-refractivity contribution < 1.29 is 4.74 Å². The largest absolute Gasteiger partial charge is 0.492 e. The van der Waals surface area contributed by atoms with Crippen molar-refractivity contribution in [2.24, 2.45) is 11.8 Å². The summed E-state index contributed by atoms with van der Waals surface area (Å²) in [7, 11) is 0. The second-order valence-corrected chi connectivity index (χ2v) is 7.00. The maximum Gasteiger partial charge on any atom is 0.138 e. The zero-order chi connectivity index (χ0) is 15.8. The van der Waals surface area contributed by atoms with Crippen LogP contribution in [-0.2, 0) is 0 Å². The molecule has 0 fully saturated rings. The van der Waals surface area contributed by atoms with Crippen molar-refractivity contribution in [2.75, 3.05) is 11.9 Å². The first-order chi connectivity index (χ1) is 9.92. The van der Waals surface area contributed by atoms with Crippen molar-refractivity contribution in [1.82, 2.24) is 0 Å². The highest BCUT2D eigenvalue weighted by molar-refractivity contribution is 6.32. The maximum atomic E-state index is 6.30. The summed E-state index contributed by atoms with van der Waals surface area (Å²) in [5, 5.41) is 4.31. The number of ether oxygens (including phenoxy) is 1. The predicted octanol–water partition coefficient (Wildman–Crippen LogP) is 6.00. The Kier molecular flexibility index (Phi) is 7.95. The van der Waals surface area contributed by atoms with Gasteiger partial charge in [0.25, 0.3) is 0 Å². The Bertz CT molecular complexity index is 408. The van der Waals surface area contributed by atoms with E-state index in [0.717, 1.165) is 17.9 Å². The molecule has 1 aromatic carbocycles. The SMILES string of the molecule is CCCOc1ccc(NC(CC(C)C)CC(C)C)cc1Cl. The highest BCUT2D eigenvalue weighted by Crippen LogP contribution is 2.29. The first-order valence-electron chi connectivity index (χ1n) is 8.11. The van der Waals surface area contributed by atoms with Crippen LogP contribution < -0.4 is 10.1 Å². The average Bonchev–Trinajstić information content (AvgIpc) is 2.36. The molecule has 3 heteroatoms. The Morgan fingerprint density at radius 1 is 1.10 bits per heavy atom. The molecule has 0 atom stereocenters. The monoisotopic (exact) mass is 311 g/mol. The molecule has 120 valence electrons. The molecule has 0 radical (unpaired) electrons. The van der Waals surface area contributed by atoms with Gasteiger partial charge in [-0.25, -0.2) is 0 Å². The predicted molar refractivity (Wildman–Crippen MR) is 93.6 cm³/mol. The molecule has 0 aliphatic rings.